The minimum absolute atomic E-state index is 0.156. The second-order valence-corrected chi connectivity index (χ2v) is 4.14. The van der Waals surface area contributed by atoms with Crippen LogP contribution in [0.3, 0.4) is 0 Å². The third kappa shape index (κ3) is 3.13. The maximum Gasteiger partial charge on any atom is 0.374 e. The fourth-order valence-electron chi connectivity index (χ4n) is 1.78. The third-order valence-electron chi connectivity index (χ3n) is 2.64. The molecule has 19 heavy (non-hydrogen) atoms. The van der Waals surface area contributed by atoms with Gasteiger partial charge in [0.15, 0.2) is 0 Å². The van der Waals surface area contributed by atoms with Crippen molar-refractivity contribution in [1.82, 2.24) is 0 Å². The smallest absolute Gasteiger partial charge is 0.374 e. The van der Waals surface area contributed by atoms with E-state index in [4.69, 9.17) is 4.42 Å². The quantitative estimate of drug-likeness (QED) is 0.861. The molecule has 4 nitrogen and oxygen atoms in total. The van der Waals surface area contributed by atoms with Crippen molar-refractivity contribution in [3.63, 3.8) is 0 Å². The van der Waals surface area contributed by atoms with Crippen molar-refractivity contribution in [1.29, 1.82) is 0 Å². The van der Waals surface area contributed by atoms with Gasteiger partial charge in [0, 0.05) is 17.8 Å². The number of carbonyl (C=O) groups excluding carboxylic acids is 1. The van der Waals surface area contributed by atoms with Crippen LogP contribution in [0.15, 0.2) is 34.9 Å². The molecule has 100 valence electrons. The summed E-state index contributed by atoms with van der Waals surface area (Å²) in [4.78, 5) is 11.4. The van der Waals surface area contributed by atoms with Crippen molar-refractivity contribution in [3.05, 3.63) is 53.2 Å². The summed E-state index contributed by atoms with van der Waals surface area (Å²) in [7, 11) is 1.29. The number of benzene rings is 1. The van der Waals surface area contributed by atoms with Gasteiger partial charge >= 0.3 is 5.97 Å². The Morgan fingerprint density at radius 2 is 2.21 bits per heavy atom. The summed E-state index contributed by atoms with van der Waals surface area (Å²) in [6.45, 7) is 2.16. The molecule has 0 radical (unpaired) electrons. The molecule has 1 aromatic heterocycles. The molecule has 0 saturated heterocycles. The van der Waals surface area contributed by atoms with Crippen LogP contribution in [0.2, 0.25) is 0 Å². The summed E-state index contributed by atoms with van der Waals surface area (Å²) >= 11 is 0. The Balaban J connectivity index is 2.10. The highest BCUT2D eigenvalue weighted by atomic mass is 19.1. The largest absolute Gasteiger partial charge is 0.463 e. The van der Waals surface area contributed by atoms with Crippen LogP contribution in [0.1, 0.15) is 21.7 Å². The summed E-state index contributed by atoms with van der Waals surface area (Å²) in [6, 6.07) is 6.33. The zero-order valence-electron chi connectivity index (χ0n) is 10.7. The van der Waals surface area contributed by atoms with Gasteiger partial charge in [-0.2, -0.15) is 0 Å². The molecule has 1 heterocycles. The van der Waals surface area contributed by atoms with Crippen molar-refractivity contribution in [3.8, 4) is 0 Å². The topological polar surface area (TPSA) is 51.5 Å². The molecule has 5 heteroatoms. The van der Waals surface area contributed by atoms with E-state index < -0.39 is 5.97 Å². The minimum atomic E-state index is -0.530. The summed E-state index contributed by atoms with van der Waals surface area (Å²) in [6.07, 6.45) is 1.42. The Morgan fingerprint density at radius 3 is 2.89 bits per heavy atom. The van der Waals surface area contributed by atoms with E-state index in [9.17, 15) is 9.18 Å². The van der Waals surface area contributed by atoms with E-state index in [1.54, 1.807) is 6.07 Å². The zero-order valence-corrected chi connectivity index (χ0v) is 10.7. The van der Waals surface area contributed by atoms with Gasteiger partial charge in [-0.05, 0) is 36.8 Å². The van der Waals surface area contributed by atoms with Crippen molar-refractivity contribution in [2.45, 2.75) is 13.5 Å². The lowest BCUT2D eigenvalue weighted by Crippen LogP contribution is -2.07. The van der Waals surface area contributed by atoms with Crippen molar-refractivity contribution in [2.24, 2.45) is 0 Å². The molecule has 0 aliphatic heterocycles. The molecule has 2 rings (SSSR count). The minimum Gasteiger partial charge on any atom is -0.463 e. The van der Waals surface area contributed by atoms with Crippen LogP contribution in [0.5, 0.6) is 0 Å². The Morgan fingerprint density at radius 1 is 1.42 bits per heavy atom. The number of nitrogens with one attached hydrogen (secondary N) is 1. The fraction of sp³-hybridized carbons (Fsp3) is 0.214. The second-order valence-electron chi connectivity index (χ2n) is 4.14. The van der Waals surface area contributed by atoms with Gasteiger partial charge in [0.25, 0.3) is 0 Å². The normalized spacial score (nSPS) is 10.3. The molecule has 1 N–H and O–H groups in total. The highest BCUT2D eigenvalue weighted by Crippen LogP contribution is 2.17. The third-order valence-corrected chi connectivity index (χ3v) is 2.64. The van der Waals surface area contributed by atoms with Crippen molar-refractivity contribution in [2.75, 3.05) is 12.4 Å². The van der Waals surface area contributed by atoms with Gasteiger partial charge in [-0.3, -0.25) is 0 Å². The lowest BCUT2D eigenvalue weighted by atomic mass is 10.2. The molecule has 0 unspecified atom stereocenters. The average Bonchev–Trinajstić information content (AvgIpc) is 2.82. The molecular weight excluding hydrogens is 249 g/mol. The summed E-state index contributed by atoms with van der Waals surface area (Å²) in [5, 5.41) is 3.04. The lowest BCUT2D eigenvalue weighted by Gasteiger charge is -2.07. The number of anilines is 1. The van der Waals surface area contributed by atoms with Crippen LogP contribution in [0, 0.1) is 12.7 Å². The van der Waals surface area contributed by atoms with Crippen LogP contribution in [-0.2, 0) is 11.3 Å². The van der Waals surface area contributed by atoms with E-state index in [1.807, 2.05) is 13.0 Å². The number of methoxy groups -OCH3 is 1. The highest BCUT2D eigenvalue weighted by molar-refractivity contribution is 5.87. The van der Waals surface area contributed by atoms with Crippen LogP contribution in [0.25, 0.3) is 0 Å². The van der Waals surface area contributed by atoms with E-state index in [-0.39, 0.29) is 11.6 Å². The van der Waals surface area contributed by atoms with E-state index in [0.29, 0.717) is 17.8 Å². The number of hydrogen-bond acceptors (Lipinski definition) is 4. The highest BCUT2D eigenvalue weighted by Gasteiger charge is 2.15. The van der Waals surface area contributed by atoms with E-state index in [1.165, 1.54) is 25.5 Å². The van der Waals surface area contributed by atoms with E-state index >= 15 is 0 Å². The van der Waals surface area contributed by atoms with Gasteiger partial charge in [0.1, 0.15) is 5.82 Å². The Kier molecular flexibility index (Phi) is 3.85. The van der Waals surface area contributed by atoms with Crippen LogP contribution in [-0.4, -0.2) is 13.1 Å². The zero-order chi connectivity index (χ0) is 13.8. The van der Waals surface area contributed by atoms with Gasteiger partial charge in [0.05, 0.1) is 13.4 Å². The Labute approximate surface area is 110 Å². The van der Waals surface area contributed by atoms with Gasteiger partial charge in [-0.25, -0.2) is 9.18 Å². The molecule has 0 fully saturated rings. The molecule has 2 aromatic rings. The first-order chi connectivity index (χ1) is 9.10. The monoisotopic (exact) mass is 263 g/mol. The van der Waals surface area contributed by atoms with Crippen molar-refractivity contribution < 1.29 is 18.3 Å². The Hall–Kier alpha value is -2.30. The lowest BCUT2D eigenvalue weighted by molar-refractivity contribution is 0.0563. The Bertz CT molecular complexity index is 572. The first-order valence-electron chi connectivity index (χ1n) is 5.76. The first kappa shape index (κ1) is 13.1. The SMILES string of the molecule is COC(=O)c1occc1CNc1cc(C)cc(F)c1. The van der Waals surface area contributed by atoms with Gasteiger partial charge in [0.2, 0.25) is 5.76 Å². The number of hydrogen-bond donors (Lipinski definition) is 1. The molecule has 0 saturated carbocycles. The number of rotatable bonds is 4. The van der Waals surface area contributed by atoms with Gasteiger partial charge in [-0.15, -0.1) is 0 Å². The number of ether oxygens (including phenoxy) is 1. The average molecular weight is 263 g/mol. The number of esters is 1. The molecule has 0 spiro atoms. The molecule has 1 aromatic carbocycles. The fourth-order valence-corrected chi connectivity index (χ4v) is 1.78. The van der Waals surface area contributed by atoms with Crippen LogP contribution >= 0.6 is 0 Å². The van der Waals surface area contributed by atoms with E-state index in [2.05, 4.69) is 10.1 Å². The maximum absolute atomic E-state index is 13.2. The standard InChI is InChI=1S/C14H14FNO3/c1-9-5-11(15)7-12(6-9)16-8-10-3-4-19-13(10)14(17)18-2/h3-7,16H,8H2,1-2H3. The molecule has 0 bridgehead atoms. The van der Waals surface area contributed by atoms with Gasteiger partial charge < -0.3 is 14.5 Å². The first-order valence-corrected chi connectivity index (χ1v) is 5.76. The molecular formula is C14H14FNO3. The molecule has 0 aliphatic carbocycles. The predicted octanol–water partition coefficient (Wildman–Crippen LogP) is 3.13. The van der Waals surface area contributed by atoms with Crippen molar-refractivity contribution >= 4 is 11.7 Å². The summed E-state index contributed by atoms with van der Waals surface area (Å²) in [5.41, 5.74) is 2.13. The number of furan rings is 1. The molecule has 0 amide bonds. The van der Waals surface area contributed by atoms with Crippen LogP contribution in [0.4, 0.5) is 10.1 Å². The molecule has 0 aliphatic rings. The molecule has 0 atom stereocenters. The number of carbonyl (C=O) groups is 1. The summed E-state index contributed by atoms with van der Waals surface area (Å²) < 4.78 is 22.9. The van der Waals surface area contributed by atoms with Crippen LogP contribution < -0.4 is 5.32 Å². The summed E-state index contributed by atoms with van der Waals surface area (Å²) in [5.74, 6) is -0.678. The van der Waals surface area contributed by atoms with Gasteiger partial charge in [-0.1, -0.05) is 0 Å². The predicted molar refractivity (Wildman–Crippen MR) is 68.5 cm³/mol. The van der Waals surface area contributed by atoms with E-state index in [0.717, 1.165) is 5.56 Å². The maximum atomic E-state index is 13.2. The number of halogens is 1. The second kappa shape index (κ2) is 5.56. The number of aryl methyl sites for hydroxylation is 1.